The van der Waals surface area contributed by atoms with Crippen molar-refractivity contribution < 1.29 is 19.2 Å². The normalized spacial score (nSPS) is 11.8. The van der Waals surface area contributed by atoms with Crippen molar-refractivity contribution in [3.8, 4) is 11.5 Å². The third-order valence-corrected chi connectivity index (χ3v) is 2.62. The summed E-state index contributed by atoms with van der Waals surface area (Å²) >= 11 is 0. The fourth-order valence-electron chi connectivity index (χ4n) is 1.58. The molecule has 0 saturated heterocycles. The summed E-state index contributed by atoms with van der Waals surface area (Å²) in [5.41, 5.74) is 1.89. The molecule has 0 aliphatic carbocycles. The van der Waals surface area contributed by atoms with Gasteiger partial charge in [-0.3, -0.25) is 20.3 Å². The van der Waals surface area contributed by atoms with Crippen LogP contribution < -0.4 is 20.7 Å². The standard InChI is InChI=1S/C12H17N3O5/c1-7(2)11(12(16)14-13)20-9-5-4-8(15(17)18)6-10(9)19-3/h4-7,11H,13H2,1-3H3,(H,14,16). The molecule has 1 aromatic rings. The number of benzene rings is 1. The van der Waals surface area contributed by atoms with Gasteiger partial charge >= 0.3 is 0 Å². The smallest absolute Gasteiger partial charge is 0.275 e. The number of hydrazine groups is 1. The van der Waals surface area contributed by atoms with E-state index < -0.39 is 16.9 Å². The first kappa shape index (κ1) is 15.7. The van der Waals surface area contributed by atoms with Gasteiger partial charge in [-0.1, -0.05) is 13.8 Å². The minimum atomic E-state index is -0.824. The predicted octanol–water partition coefficient (Wildman–Crippen LogP) is 0.997. The Kier molecular flexibility index (Phi) is 5.27. The molecule has 3 N–H and O–H groups in total. The fraction of sp³-hybridized carbons (Fsp3) is 0.417. The zero-order valence-electron chi connectivity index (χ0n) is 11.5. The molecule has 0 saturated carbocycles. The molecule has 1 aromatic carbocycles. The highest BCUT2D eigenvalue weighted by Crippen LogP contribution is 2.32. The number of carbonyl (C=O) groups excluding carboxylic acids is 1. The zero-order valence-corrected chi connectivity index (χ0v) is 11.5. The Morgan fingerprint density at radius 1 is 1.40 bits per heavy atom. The lowest BCUT2D eigenvalue weighted by atomic mass is 10.1. The molecule has 20 heavy (non-hydrogen) atoms. The number of hydrogen-bond donors (Lipinski definition) is 2. The Labute approximate surface area is 116 Å². The van der Waals surface area contributed by atoms with Crippen LogP contribution in [-0.2, 0) is 4.79 Å². The molecule has 1 amide bonds. The molecule has 0 spiro atoms. The van der Waals surface area contributed by atoms with Crippen LogP contribution >= 0.6 is 0 Å². The number of nitrogens with one attached hydrogen (secondary N) is 1. The molecule has 0 heterocycles. The predicted molar refractivity (Wildman–Crippen MR) is 71.2 cm³/mol. The molecule has 0 bridgehead atoms. The van der Waals surface area contributed by atoms with Crippen LogP contribution in [0.4, 0.5) is 5.69 Å². The second-order valence-electron chi connectivity index (χ2n) is 4.38. The van der Waals surface area contributed by atoms with Crippen LogP contribution in [0, 0.1) is 16.0 Å². The van der Waals surface area contributed by atoms with Gasteiger partial charge < -0.3 is 9.47 Å². The maximum atomic E-state index is 11.6. The number of hydrogen-bond acceptors (Lipinski definition) is 6. The molecular formula is C12H17N3O5. The van der Waals surface area contributed by atoms with Gasteiger partial charge in [0.1, 0.15) is 0 Å². The van der Waals surface area contributed by atoms with Crippen LogP contribution in [0.25, 0.3) is 0 Å². The lowest BCUT2D eigenvalue weighted by Crippen LogP contribution is -2.44. The molecule has 110 valence electrons. The van der Waals surface area contributed by atoms with Crippen LogP contribution in [0.1, 0.15) is 13.8 Å². The van der Waals surface area contributed by atoms with Gasteiger partial charge in [0, 0.05) is 6.07 Å². The Hall–Kier alpha value is -2.35. The van der Waals surface area contributed by atoms with Crippen molar-refractivity contribution in [3.63, 3.8) is 0 Å². The van der Waals surface area contributed by atoms with Gasteiger partial charge in [-0.2, -0.15) is 0 Å². The topological polar surface area (TPSA) is 117 Å². The average molecular weight is 283 g/mol. The van der Waals surface area contributed by atoms with Gasteiger partial charge in [0.25, 0.3) is 11.6 Å². The zero-order chi connectivity index (χ0) is 15.3. The van der Waals surface area contributed by atoms with Crippen molar-refractivity contribution in [1.82, 2.24) is 5.43 Å². The van der Waals surface area contributed by atoms with Crippen LogP contribution in [0.5, 0.6) is 11.5 Å². The summed E-state index contributed by atoms with van der Waals surface area (Å²) in [5, 5.41) is 10.7. The molecule has 0 aromatic heterocycles. The second kappa shape index (κ2) is 6.71. The SMILES string of the molecule is COc1cc([N+](=O)[O-])ccc1OC(C(=O)NN)C(C)C. The molecule has 1 atom stereocenters. The monoisotopic (exact) mass is 283 g/mol. The molecular weight excluding hydrogens is 266 g/mol. The molecule has 0 aliphatic heterocycles. The molecule has 0 radical (unpaired) electrons. The highest BCUT2D eigenvalue weighted by atomic mass is 16.6. The molecule has 0 fully saturated rings. The third kappa shape index (κ3) is 3.58. The van der Waals surface area contributed by atoms with Gasteiger partial charge in [0.05, 0.1) is 18.1 Å². The molecule has 0 aliphatic rings. The minimum Gasteiger partial charge on any atom is -0.493 e. The number of rotatable bonds is 6. The summed E-state index contributed by atoms with van der Waals surface area (Å²) < 4.78 is 10.6. The van der Waals surface area contributed by atoms with E-state index in [2.05, 4.69) is 0 Å². The van der Waals surface area contributed by atoms with Crippen molar-refractivity contribution in [3.05, 3.63) is 28.3 Å². The lowest BCUT2D eigenvalue weighted by molar-refractivity contribution is -0.385. The van der Waals surface area contributed by atoms with E-state index in [9.17, 15) is 14.9 Å². The number of nitro benzene ring substituents is 1. The number of ether oxygens (including phenoxy) is 2. The number of nitrogens with zero attached hydrogens (tertiary/aromatic N) is 1. The van der Waals surface area contributed by atoms with Gasteiger partial charge in [-0.15, -0.1) is 0 Å². The van der Waals surface area contributed by atoms with Gasteiger partial charge in [0.2, 0.25) is 0 Å². The van der Waals surface area contributed by atoms with E-state index in [-0.39, 0.29) is 23.1 Å². The first-order chi connectivity index (χ1) is 9.40. The van der Waals surface area contributed by atoms with E-state index >= 15 is 0 Å². The van der Waals surface area contributed by atoms with Crippen molar-refractivity contribution in [1.29, 1.82) is 0 Å². The van der Waals surface area contributed by atoms with E-state index in [0.29, 0.717) is 0 Å². The first-order valence-electron chi connectivity index (χ1n) is 5.90. The number of amides is 1. The van der Waals surface area contributed by atoms with Gasteiger partial charge in [0.15, 0.2) is 17.6 Å². The number of carbonyl (C=O) groups is 1. The highest BCUT2D eigenvalue weighted by Gasteiger charge is 2.25. The third-order valence-electron chi connectivity index (χ3n) is 2.62. The quantitative estimate of drug-likeness (QED) is 0.348. The Morgan fingerprint density at radius 2 is 2.05 bits per heavy atom. The lowest BCUT2D eigenvalue weighted by Gasteiger charge is -2.21. The van der Waals surface area contributed by atoms with Crippen molar-refractivity contribution >= 4 is 11.6 Å². The van der Waals surface area contributed by atoms with Crippen molar-refractivity contribution in [2.75, 3.05) is 7.11 Å². The van der Waals surface area contributed by atoms with Gasteiger partial charge in [-0.05, 0) is 12.0 Å². The summed E-state index contributed by atoms with van der Waals surface area (Å²) in [6, 6.07) is 3.89. The van der Waals surface area contributed by atoms with E-state index in [1.165, 1.54) is 25.3 Å². The summed E-state index contributed by atoms with van der Waals surface area (Å²) in [4.78, 5) is 21.8. The van der Waals surface area contributed by atoms with E-state index in [4.69, 9.17) is 15.3 Å². The van der Waals surface area contributed by atoms with Crippen LogP contribution in [-0.4, -0.2) is 24.0 Å². The second-order valence-corrected chi connectivity index (χ2v) is 4.38. The molecule has 8 heteroatoms. The summed E-state index contributed by atoms with van der Waals surface area (Å²) in [7, 11) is 1.36. The average Bonchev–Trinajstić information content (AvgIpc) is 2.43. The van der Waals surface area contributed by atoms with Crippen LogP contribution in [0.15, 0.2) is 18.2 Å². The number of nitrogens with two attached hydrogens (primary N) is 1. The summed E-state index contributed by atoms with van der Waals surface area (Å²) in [6.45, 7) is 3.58. The van der Waals surface area contributed by atoms with Crippen LogP contribution in [0.3, 0.4) is 0 Å². The molecule has 8 nitrogen and oxygen atoms in total. The number of non-ortho nitro benzene ring substituents is 1. The van der Waals surface area contributed by atoms with Crippen LogP contribution in [0.2, 0.25) is 0 Å². The van der Waals surface area contributed by atoms with E-state index in [1.807, 2.05) is 5.43 Å². The van der Waals surface area contributed by atoms with E-state index in [0.717, 1.165) is 0 Å². The fourth-order valence-corrected chi connectivity index (χ4v) is 1.58. The van der Waals surface area contributed by atoms with Crippen molar-refractivity contribution in [2.24, 2.45) is 11.8 Å². The van der Waals surface area contributed by atoms with Crippen molar-refractivity contribution in [2.45, 2.75) is 20.0 Å². The highest BCUT2D eigenvalue weighted by molar-refractivity contribution is 5.80. The Bertz CT molecular complexity index is 504. The number of methoxy groups -OCH3 is 1. The molecule has 1 rings (SSSR count). The first-order valence-corrected chi connectivity index (χ1v) is 5.90. The minimum absolute atomic E-state index is 0.126. The van der Waals surface area contributed by atoms with E-state index in [1.54, 1.807) is 13.8 Å². The maximum absolute atomic E-state index is 11.6. The maximum Gasteiger partial charge on any atom is 0.275 e. The summed E-state index contributed by atoms with van der Waals surface area (Å²) in [6.07, 6.45) is -0.824. The molecule has 1 unspecified atom stereocenters. The summed E-state index contributed by atoms with van der Waals surface area (Å²) in [5.74, 6) is 4.88. The number of nitro groups is 1. The largest absolute Gasteiger partial charge is 0.493 e. The van der Waals surface area contributed by atoms with Gasteiger partial charge in [-0.25, -0.2) is 5.84 Å². The Balaban J connectivity index is 3.06. The Morgan fingerprint density at radius 3 is 2.50 bits per heavy atom.